The van der Waals surface area contributed by atoms with Gasteiger partial charge >= 0.3 is 5.97 Å². The molecule has 0 bridgehead atoms. The number of nitrogens with zero attached hydrogens (tertiary/aromatic N) is 1. The van der Waals surface area contributed by atoms with Crippen molar-refractivity contribution in [2.45, 2.75) is 19.6 Å². The van der Waals surface area contributed by atoms with E-state index in [4.69, 9.17) is 37.6 Å². The summed E-state index contributed by atoms with van der Waals surface area (Å²) in [5.74, 6) is 0.182. The van der Waals surface area contributed by atoms with E-state index >= 15 is 0 Å². The van der Waals surface area contributed by atoms with E-state index in [0.717, 1.165) is 5.56 Å². The molecule has 30 heavy (non-hydrogen) atoms. The summed E-state index contributed by atoms with van der Waals surface area (Å²) in [5.41, 5.74) is 1.20. The van der Waals surface area contributed by atoms with Gasteiger partial charge < -0.3 is 18.9 Å². The second-order valence-corrected chi connectivity index (χ2v) is 7.43. The molecule has 1 N–H and O–H groups in total. The van der Waals surface area contributed by atoms with Gasteiger partial charge in [-0.25, -0.2) is 4.79 Å². The van der Waals surface area contributed by atoms with E-state index in [-0.39, 0.29) is 22.8 Å². The molecule has 0 saturated heterocycles. The topological polar surface area (TPSA) is 77.8 Å². The standard InChI is InChI=1S/C21H18Cl2NO5P/c22-17-11-18(23)20(25)24(9-8-13-4-6-14(7-5-13)21(26)27)19(17)12-28-15-2-1-3-16(10-15)29-30/h1-7,10-11H,8-9,12,30H2,(H,26,27). The predicted molar refractivity (Wildman–Crippen MR) is 119 cm³/mol. The molecule has 0 fully saturated rings. The third-order valence-electron chi connectivity index (χ3n) is 4.45. The highest BCUT2D eigenvalue weighted by molar-refractivity contribution is 7.10. The minimum absolute atomic E-state index is 0.0170. The number of aromatic carboxylic acids is 1. The largest absolute Gasteiger partial charge is 0.487 e. The van der Waals surface area contributed by atoms with E-state index < -0.39 is 5.97 Å². The molecule has 0 spiro atoms. The predicted octanol–water partition coefficient (Wildman–Crippen LogP) is 4.84. The number of hydrogen-bond acceptors (Lipinski definition) is 4. The van der Waals surface area contributed by atoms with Gasteiger partial charge in [0.25, 0.3) is 5.56 Å². The quantitative estimate of drug-likeness (QED) is 0.481. The Morgan fingerprint density at radius 2 is 1.73 bits per heavy atom. The molecule has 0 amide bonds. The van der Waals surface area contributed by atoms with Crippen LogP contribution in [0.5, 0.6) is 11.5 Å². The summed E-state index contributed by atoms with van der Waals surface area (Å²) in [6.07, 6.45) is 0.486. The Morgan fingerprint density at radius 3 is 2.40 bits per heavy atom. The summed E-state index contributed by atoms with van der Waals surface area (Å²) in [4.78, 5) is 23.6. The first-order chi connectivity index (χ1) is 14.4. The number of aromatic nitrogens is 1. The molecule has 0 radical (unpaired) electrons. The molecule has 6 nitrogen and oxygen atoms in total. The maximum atomic E-state index is 12.6. The third-order valence-corrected chi connectivity index (χ3v) is 5.32. The zero-order chi connectivity index (χ0) is 21.7. The first-order valence-electron chi connectivity index (χ1n) is 8.88. The monoisotopic (exact) mass is 465 g/mol. The number of carbonyl (C=O) groups is 1. The molecule has 0 aliphatic carbocycles. The molecule has 2 aromatic carbocycles. The molecule has 0 aliphatic heterocycles. The van der Waals surface area contributed by atoms with Crippen molar-refractivity contribution in [2.24, 2.45) is 0 Å². The fourth-order valence-electron chi connectivity index (χ4n) is 2.86. The van der Waals surface area contributed by atoms with Crippen LogP contribution < -0.4 is 14.8 Å². The van der Waals surface area contributed by atoms with Crippen molar-refractivity contribution in [1.29, 1.82) is 0 Å². The van der Waals surface area contributed by atoms with Crippen LogP contribution >= 0.6 is 32.7 Å². The van der Waals surface area contributed by atoms with Crippen molar-refractivity contribution in [3.63, 3.8) is 0 Å². The van der Waals surface area contributed by atoms with E-state index in [9.17, 15) is 9.59 Å². The lowest BCUT2D eigenvalue weighted by Crippen LogP contribution is -2.26. The summed E-state index contributed by atoms with van der Waals surface area (Å²) in [7, 11) is 2.16. The van der Waals surface area contributed by atoms with Crippen molar-refractivity contribution in [3.05, 3.63) is 91.8 Å². The zero-order valence-electron chi connectivity index (χ0n) is 15.7. The average molecular weight is 466 g/mol. The average Bonchev–Trinajstić information content (AvgIpc) is 2.75. The first kappa shape index (κ1) is 22.2. The maximum absolute atomic E-state index is 12.6. The zero-order valence-corrected chi connectivity index (χ0v) is 18.3. The van der Waals surface area contributed by atoms with Crippen LogP contribution in [0.4, 0.5) is 0 Å². The summed E-state index contributed by atoms with van der Waals surface area (Å²) in [6, 6.07) is 14.9. The van der Waals surface area contributed by atoms with Crippen LogP contribution in [0.15, 0.2) is 59.4 Å². The Labute approximate surface area is 185 Å². The van der Waals surface area contributed by atoms with E-state index in [2.05, 4.69) is 9.47 Å². The number of aryl methyl sites for hydroxylation is 1. The molecule has 1 unspecified atom stereocenters. The SMILES string of the molecule is O=C(O)c1ccc(CCn2c(COc3cccc(OP)c3)c(Cl)cc(Cl)c2=O)cc1. The van der Waals surface area contributed by atoms with E-state index in [1.54, 1.807) is 36.4 Å². The highest BCUT2D eigenvalue weighted by Gasteiger charge is 2.14. The van der Waals surface area contributed by atoms with Crippen molar-refractivity contribution in [2.75, 3.05) is 0 Å². The van der Waals surface area contributed by atoms with Crippen LogP contribution in [0.25, 0.3) is 0 Å². The lowest BCUT2D eigenvalue weighted by atomic mass is 10.1. The van der Waals surface area contributed by atoms with E-state index in [1.165, 1.54) is 22.8 Å². The van der Waals surface area contributed by atoms with Gasteiger partial charge in [-0.3, -0.25) is 4.79 Å². The molecule has 1 aromatic heterocycles. The lowest BCUT2D eigenvalue weighted by molar-refractivity contribution is 0.0697. The number of pyridine rings is 1. The Balaban J connectivity index is 1.82. The van der Waals surface area contributed by atoms with Gasteiger partial charge in [0.2, 0.25) is 0 Å². The smallest absolute Gasteiger partial charge is 0.335 e. The highest BCUT2D eigenvalue weighted by atomic mass is 35.5. The number of carboxylic acid groups (broad SMARTS) is 1. The van der Waals surface area contributed by atoms with Crippen molar-refractivity contribution in [3.8, 4) is 11.5 Å². The second kappa shape index (κ2) is 9.98. The van der Waals surface area contributed by atoms with E-state index in [1.807, 2.05) is 0 Å². The summed E-state index contributed by atoms with van der Waals surface area (Å²) in [6.45, 7) is 0.364. The third kappa shape index (κ3) is 5.33. The van der Waals surface area contributed by atoms with Crippen molar-refractivity contribution in [1.82, 2.24) is 4.57 Å². The number of hydrogen-bond donors (Lipinski definition) is 1. The summed E-state index contributed by atoms with van der Waals surface area (Å²) < 4.78 is 12.4. The molecule has 3 aromatic rings. The van der Waals surface area contributed by atoms with Crippen molar-refractivity contribution >= 4 is 38.6 Å². The molecular weight excluding hydrogens is 448 g/mol. The number of rotatable bonds is 8. The minimum Gasteiger partial charge on any atom is -0.487 e. The summed E-state index contributed by atoms with van der Waals surface area (Å²) >= 11 is 12.4. The van der Waals surface area contributed by atoms with E-state index in [0.29, 0.717) is 35.2 Å². The normalized spacial score (nSPS) is 10.6. The van der Waals surface area contributed by atoms with Crippen LogP contribution in [0.2, 0.25) is 10.0 Å². The van der Waals surface area contributed by atoms with Gasteiger partial charge in [-0.15, -0.1) is 0 Å². The molecule has 0 saturated carbocycles. The molecule has 9 heteroatoms. The molecular formula is C21H18Cl2NO5P. The Morgan fingerprint density at radius 1 is 1.03 bits per heavy atom. The molecule has 156 valence electrons. The van der Waals surface area contributed by atoms with Crippen LogP contribution in [0, 0.1) is 0 Å². The number of carboxylic acids is 1. The van der Waals surface area contributed by atoms with Crippen LogP contribution in [0.3, 0.4) is 0 Å². The fraction of sp³-hybridized carbons (Fsp3) is 0.143. The molecule has 1 atom stereocenters. The second-order valence-electron chi connectivity index (χ2n) is 6.38. The first-order valence-corrected chi connectivity index (χ1v) is 10.1. The Bertz CT molecular complexity index is 1120. The molecule has 0 aliphatic rings. The van der Waals surface area contributed by atoms with Gasteiger partial charge in [0.15, 0.2) is 0 Å². The highest BCUT2D eigenvalue weighted by Crippen LogP contribution is 2.24. The van der Waals surface area contributed by atoms with Gasteiger partial charge in [-0.2, -0.15) is 0 Å². The lowest BCUT2D eigenvalue weighted by Gasteiger charge is -2.16. The summed E-state index contributed by atoms with van der Waals surface area (Å²) in [5, 5.41) is 9.34. The van der Waals surface area contributed by atoms with Gasteiger partial charge in [0.05, 0.1) is 25.7 Å². The van der Waals surface area contributed by atoms with Crippen LogP contribution in [0.1, 0.15) is 21.6 Å². The van der Waals surface area contributed by atoms with Crippen LogP contribution in [-0.4, -0.2) is 15.6 Å². The van der Waals surface area contributed by atoms with Gasteiger partial charge in [-0.1, -0.05) is 41.4 Å². The van der Waals surface area contributed by atoms with Crippen LogP contribution in [-0.2, 0) is 19.6 Å². The number of ether oxygens (including phenoxy) is 1. The Kier molecular flexibility index (Phi) is 7.38. The van der Waals surface area contributed by atoms with Gasteiger partial charge in [0.1, 0.15) is 23.1 Å². The number of halogens is 2. The molecule has 3 rings (SSSR count). The minimum atomic E-state index is -0.991. The van der Waals surface area contributed by atoms with Gasteiger partial charge in [0, 0.05) is 12.6 Å². The van der Waals surface area contributed by atoms with Gasteiger partial charge in [-0.05, 0) is 42.3 Å². The fourth-order valence-corrected chi connectivity index (χ4v) is 3.54. The maximum Gasteiger partial charge on any atom is 0.335 e. The molecule has 1 heterocycles. The number of benzene rings is 2. The Hall–Kier alpha value is -2.53. The van der Waals surface area contributed by atoms with Crippen molar-refractivity contribution < 1.29 is 19.2 Å².